The van der Waals surface area contributed by atoms with Crippen molar-refractivity contribution < 1.29 is 4.92 Å². The molecule has 14 heavy (non-hydrogen) atoms. The minimum Gasteiger partial charge on any atom is -0.258 e. The lowest BCUT2D eigenvalue weighted by Gasteiger charge is -2.03. The molecule has 1 rings (SSSR count). The largest absolute Gasteiger partial charge is 0.292 e. The zero-order valence-corrected chi connectivity index (χ0v) is 9.75. The van der Waals surface area contributed by atoms with Crippen LogP contribution in [0, 0.1) is 10.1 Å². The third-order valence-electron chi connectivity index (χ3n) is 1.59. The standard InChI is InChI=1S/C8H8BrClN2O2/c1-5(9)2-7-8(12(13)14)3-6(10)4-11-7/h3-5H,2H2,1H3. The first-order valence-electron chi connectivity index (χ1n) is 3.93. The lowest BCUT2D eigenvalue weighted by Crippen LogP contribution is -2.03. The molecule has 0 aromatic carbocycles. The van der Waals surface area contributed by atoms with Gasteiger partial charge in [-0.05, 0) is 0 Å². The van der Waals surface area contributed by atoms with E-state index in [1.54, 1.807) is 0 Å². The molecule has 76 valence electrons. The SMILES string of the molecule is CC(Br)Cc1ncc(Cl)cc1[N+](=O)[O-]. The number of halogens is 2. The molecule has 6 heteroatoms. The second-order valence-electron chi connectivity index (χ2n) is 2.86. The summed E-state index contributed by atoms with van der Waals surface area (Å²) < 4.78 is 0. The van der Waals surface area contributed by atoms with Crippen LogP contribution in [0.25, 0.3) is 0 Å². The molecule has 1 aromatic rings. The topological polar surface area (TPSA) is 56.0 Å². The molecule has 0 bridgehead atoms. The molecule has 0 radical (unpaired) electrons. The van der Waals surface area contributed by atoms with Crippen LogP contribution in [0.3, 0.4) is 0 Å². The van der Waals surface area contributed by atoms with E-state index in [1.807, 2.05) is 6.92 Å². The second-order valence-corrected chi connectivity index (χ2v) is 4.86. The molecule has 0 amide bonds. The Kier molecular flexibility index (Phi) is 3.83. The minimum atomic E-state index is -0.469. The zero-order valence-electron chi connectivity index (χ0n) is 7.41. The summed E-state index contributed by atoms with van der Waals surface area (Å²) in [7, 11) is 0. The van der Waals surface area contributed by atoms with E-state index in [9.17, 15) is 10.1 Å². The molecule has 4 nitrogen and oxygen atoms in total. The molecular formula is C8H8BrClN2O2. The van der Waals surface area contributed by atoms with E-state index in [0.29, 0.717) is 12.1 Å². The molecule has 0 spiro atoms. The summed E-state index contributed by atoms with van der Waals surface area (Å²) in [5.74, 6) is 0. The van der Waals surface area contributed by atoms with E-state index in [1.165, 1.54) is 12.3 Å². The summed E-state index contributed by atoms with van der Waals surface area (Å²) in [4.78, 5) is 14.3. The highest BCUT2D eigenvalue weighted by molar-refractivity contribution is 9.09. The van der Waals surface area contributed by atoms with Crippen LogP contribution in [0.1, 0.15) is 12.6 Å². The quantitative estimate of drug-likeness (QED) is 0.485. The monoisotopic (exact) mass is 278 g/mol. The van der Waals surface area contributed by atoms with Crippen LogP contribution in [-0.2, 0) is 6.42 Å². The number of aromatic nitrogens is 1. The predicted molar refractivity (Wildman–Crippen MR) is 58.0 cm³/mol. The van der Waals surface area contributed by atoms with Gasteiger partial charge in [0.05, 0.1) is 9.95 Å². The first-order valence-corrected chi connectivity index (χ1v) is 5.23. The number of rotatable bonds is 3. The molecule has 1 heterocycles. The number of alkyl halides is 1. The van der Waals surface area contributed by atoms with Crippen LogP contribution in [0.2, 0.25) is 5.02 Å². The van der Waals surface area contributed by atoms with Gasteiger partial charge in [0.25, 0.3) is 5.69 Å². The third kappa shape index (κ3) is 2.92. The van der Waals surface area contributed by atoms with Gasteiger partial charge in [0, 0.05) is 23.5 Å². The van der Waals surface area contributed by atoms with E-state index < -0.39 is 4.92 Å². The van der Waals surface area contributed by atoms with E-state index in [2.05, 4.69) is 20.9 Å². The van der Waals surface area contributed by atoms with Crippen molar-refractivity contribution in [3.8, 4) is 0 Å². The van der Waals surface area contributed by atoms with Crippen LogP contribution in [-0.4, -0.2) is 14.7 Å². The highest BCUT2D eigenvalue weighted by Crippen LogP contribution is 2.22. The number of hydrogen-bond acceptors (Lipinski definition) is 3. The van der Waals surface area contributed by atoms with E-state index in [4.69, 9.17) is 11.6 Å². The highest BCUT2D eigenvalue weighted by Gasteiger charge is 2.16. The fraction of sp³-hybridized carbons (Fsp3) is 0.375. The average Bonchev–Trinajstić information content (AvgIpc) is 2.07. The molecule has 0 aliphatic carbocycles. The zero-order chi connectivity index (χ0) is 10.7. The number of nitrogens with zero attached hydrogens (tertiary/aromatic N) is 2. The molecule has 1 unspecified atom stereocenters. The van der Waals surface area contributed by atoms with Gasteiger partial charge >= 0.3 is 0 Å². The Labute approximate surface area is 94.6 Å². The van der Waals surface area contributed by atoms with Gasteiger partial charge in [0.15, 0.2) is 0 Å². The Morgan fingerprint density at radius 1 is 1.79 bits per heavy atom. The van der Waals surface area contributed by atoms with Crippen molar-refractivity contribution in [1.82, 2.24) is 4.98 Å². The highest BCUT2D eigenvalue weighted by atomic mass is 79.9. The fourth-order valence-electron chi connectivity index (χ4n) is 1.04. The Hall–Kier alpha value is -0.680. The lowest BCUT2D eigenvalue weighted by molar-refractivity contribution is -0.385. The van der Waals surface area contributed by atoms with Gasteiger partial charge in [-0.15, -0.1) is 0 Å². The van der Waals surface area contributed by atoms with Crippen molar-refractivity contribution in [3.05, 3.63) is 33.1 Å². The Balaban J connectivity index is 3.08. The van der Waals surface area contributed by atoms with Gasteiger partial charge in [-0.2, -0.15) is 0 Å². The van der Waals surface area contributed by atoms with E-state index in [-0.39, 0.29) is 15.5 Å². The summed E-state index contributed by atoms with van der Waals surface area (Å²) in [6.07, 6.45) is 1.92. The van der Waals surface area contributed by atoms with Crippen LogP contribution in [0.15, 0.2) is 12.3 Å². The molecule has 1 aromatic heterocycles. The molecule has 0 aliphatic heterocycles. The summed E-state index contributed by atoms with van der Waals surface area (Å²) >= 11 is 8.94. The van der Waals surface area contributed by atoms with Gasteiger partial charge in [-0.3, -0.25) is 15.1 Å². The van der Waals surface area contributed by atoms with Crippen molar-refractivity contribution in [2.45, 2.75) is 18.2 Å². The summed E-state index contributed by atoms with van der Waals surface area (Å²) in [5.41, 5.74) is 0.424. The van der Waals surface area contributed by atoms with Crippen LogP contribution < -0.4 is 0 Å². The van der Waals surface area contributed by atoms with Gasteiger partial charge in [0.2, 0.25) is 0 Å². The minimum absolute atomic E-state index is 0.0243. The smallest absolute Gasteiger partial charge is 0.258 e. The number of hydrogen-bond donors (Lipinski definition) is 0. The van der Waals surface area contributed by atoms with E-state index >= 15 is 0 Å². The van der Waals surface area contributed by atoms with Crippen molar-refractivity contribution in [2.24, 2.45) is 0 Å². The molecule has 0 aliphatic rings. The summed E-state index contributed by atoms with van der Waals surface area (Å²) in [5, 5.41) is 10.9. The Bertz CT molecular complexity index is 357. The van der Waals surface area contributed by atoms with Crippen molar-refractivity contribution in [2.75, 3.05) is 0 Å². The lowest BCUT2D eigenvalue weighted by atomic mass is 10.2. The van der Waals surface area contributed by atoms with Crippen LogP contribution >= 0.6 is 27.5 Å². The fourth-order valence-corrected chi connectivity index (χ4v) is 1.50. The average molecular weight is 280 g/mol. The van der Waals surface area contributed by atoms with Crippen molar-refractivity contribution in [1.29, 1.82) is 0 Å². The second kappa shape index (κ2) is 4.70. The normalized spacial score (nSPS) is 12.5. The van der Waals surface area contributed by atoms with Gasteiger partial charge < -0.3 is 0 Å². The molecule has 0 saturated carbocycles. The molecule has 0 N–H and O–H groups in total. The maximum absolute atomic E-state index is 10.6. The van der Waals surface area contributed by atoms with Crippen LogP contribution in [0.4, 0.5) is 5.69 Å². The Morgan fingerprint density at radius 3 is 2.93 bits per heavy atom. The van der Waals surface area contributed by atoms with Crippen molar-refractivity contribution in [3.63, 3.8) is 0 Å². The molecular weight excluding hydrogens is 271 g/mol. The predicted octanol–water partition coefficient (Wildman–Crippen LogP) is 2.97. The summed E-state index contributed by atoms with van der Waals surface area (Å²) in [6, 6.07) is 1.32. The van der Waals surface area contributed by atoms with Crippen LogP contribution in [0.5, 0.6) is 0 Å². The van der Waals surface area contributed by atoms with Gasteiger partial charge in [0.1, 0.15) is 5.69 Å². The molecule has 0 saturated heterocycles. The third-order valence-corrected chi connectivity index (χ3v) is 2.12. The first-order chi connectivity index (χ1) is 6.50. The molecule has 1 atom stereocenters. The van der Waals surface area contributed by atoms with Gasteiger partial charge in [-0.1, -0.05) is 34.5 Å². The first kappa shape index (κ1) is 11.4. The summed E-state index contributed by atoms with van der Waals surface area (Å²) in [6.45, 7) is 1.90. The maximum Gasteiger partial charge on any atom is 0.292 e. The van der Waals surface area contributed by atoms with Gasteiger partial charge in [-0.25, -0.2) is 0 Å². The molecule has 0 fully saturated rings. The number of nitro groups is 1. The van der Waals surface area contributed by atoms with E-state index in [0.717, 1.165) is 0 Å². The number of pyridine rings is 1. The van der Waals surface area contributed by atoms with Crippen molar-refractivity contribution >= 4 is 33.2 Å². The Morgan fingerprint density at radius 2 is 2.43 bits per heavy atom. The maximum atomic E-state index is 10.6.